The van der Waals surface area contributed by atoms with E-state index in [0.717, 1.165) is 5.92 Å². The zero-order valence-electron chi connectivity index (χ0n) is 6.79. The average Bonchev–Trinajstić information content (AvgIpc) is 2.64. The molecule has 2 rings (SSSR count). The summed E-state index contributed by atoms with van der Waals surface area (Å²) in [4.78, 5) is 0. The fourth-order valence-electron chi connectivity index (χ4n) is 2.16. The van der Waals surface area contributed by atoms with Crippen molar-refractivity contribution < 1.29 is 0 Å². The van der Waals surface area contributed by atoms with Gasteiger partial charge in [-0.15, -0.1) is 0 Å². The Morgan fingerprint density at radius 3 is 2.75 bits per heavy atom. The third-order valence-electron chi connectivity index (χ3n) is 2.73. The van der Waals surface area contributed by atoms with E-state index in [0.29, 0.717) is 17.1 Å². The molecule has 2 aliphatic carbocycles. The summed E-state index contributed by atoms with van der Waals surface area (Å²) in [6.07, 6.45) is 7.07. The molecule has 4 N–H and O–H groups in total. The minimum atomic E-state index is 0.503. The van der Waals surface area contributed by atoms with Gasteiger partial charge < -0.3 is 10.7 Å². The van der Waals surface area contributed by atoms with Crippen molar-refractivity contribution >= 4 is 17.3 Å². The lowest BCUT2D eigenvalue weighted by molar-refractivity contribution is 0.520. The molecular formula is C8H13N3S. The second-order valence-electron chi connectivity index (χ2n) is 3.50. The Kier molecular flexibility index (Phi) is 2.02. The van der Waals surface area contributed by atoms with Crippen LogP contribution in [0.1, 0.15) is 12.8 Å². The highest BCUT2D eigenvalue weighted by Crippen LogP contribution is 2.38. The molecule has 2 aliphatic rings. The van der Waals surface area contributed by atoms with Gasteiger partial charge in [0.05, 0.1) is 0 Å². The van der Waals surface area contributed by atoms with Crippen LogP contribution < -0.4 is 16.6 Å². The first kappa shape index (κ1) is 8.01. The molecule has 4 heteroatoms. The van der Waals surface area contributed by atoms with Gasteiger partial charge in [-0.1, -0.05) is 12.2 Å². The third kappa shape index (κ3) is 1.32. The molecule has 0 unspecified atom stereocenters. The number of fused-ring (bicyclic) bond motifs is 2. The molecule has 12 heavy (non-hydrogen) atoms. The van der Waals surface area contributed by atoms with E-state index >= 15 is 0 Å². The molecule has 0 heterocycles. The maximum Gasteiger partial charge on any atom is 0.180 e. The van der Waals surface area contributed by atoms with Gasteiger partial charge in [-0.3, -0.25) is 0 Å². The lowest BCUT2D eigenvalue weighted by Crippen LogP contribution is -2.46. The zero-order chi connectivity index (χ0) is 8.55. The molecule has 0 aliphatic heterocycles. The fraction of sp³-hybridized carbons (Fsp3) is 0.625. The first-order valence-corrected chi connectivity index (χ1v) is 4.66. The van der Waals surface area contributed by atoms with E-state index in [1.54, 1.807) is 0 Å². The number of rotatable bonds is 1. The van der Waals surface area contributed by atoms with Crippen molar-refractivity contribution in [2.75, 3.05) is 0 Å². The van der Waals surface area contributed by atoms with Crippen molar-refractivity contribution in [3.8, 4) is 0 Å². The number of hydrazine groups is 1. The second-order valence-corrected chi connectivity index (χ2v) is 3.91. The Morgan fingerprint density at radius 2 is 2.25 bits per heavy atom. The van der Waals surface area contributed by atoms with Crippen LogP contribution in [0.4, 0.5) is 0 Å². The van der Waals surface area contributed by atoms with Crippen LogP contribution in [0.25, 0.3) is 0 Å². The molecule has 0 aromatic heterocycles. The second kappa shape index (κ2) is 3.03. The molecule has 0 saturated heterocycles. The van der Waals surface area contributed by atoms with E-state index < -0.39 is 0 Å². The largest absolute Gasteiger partial charge is 0.358 e. The molecular weight excluding hydrogens is 170 g/mol. The van der Waals surface area contributed by atoms with E-state index in [4.69, 9.17) is 18.1 Å². The van der Waals surface area contributed by atoms with Gasteiger partial charge in [0, 0.05) is 6.04 Å². The van der Waals surface area contributed by atoms with E-state index in [2.05, 4.69) is 22.9 Å². The molecule has 1 fully saturated rings. The summed E-state index contributed by atoms with van der Waals surface area (Å²) in [6, 6.07) is 0.503. The molecule has 2 bridgehead atoms. The van der Waals surface area contributed by atoms with Crippen molar-refractivity contribution in [1.82, 2.24) is 10.7 Å². The SMILES string of the molecule is NNC(=S)N[C@H]1C[C@@H]2C=C[C@@H]1C2. The van der Waals surface area contributed by atoms with Gasteiger partial charge >= 0.3 is 0 Å². The summed E-state index contributed by atoms with van der Waals surface area (Å²) in [5.74, 6) is 6.62. The number of allylic oxidation sites excluding steroid dienone is 1. The highest BCUT2D eigenvalue weighted by atomic mass is 32.1. The maximum absolute atomic E-state index is 5.18. The highest BCUT2D eigenvalue weighted by molar-refractivity contribution is 7.80. The Morgan fingerprint density at radius 1 is 1.42 bits per heavy atom. The molecule has 0 radical (unpaired) electrons. The third-order valence-corrected chi connectivity index (χ3v) is 2.96. The van der Waals surface area contributed by atoms with Gasteiger partial charge in [-0.25, -0.2) is 5.84 Å². The lowest BCUT2D eigenvalue weighted by atomic mass is 10.0. The number of thiocarbonyl (C=S) groups is 1. The van der Waals surface area contributed by atoms with Crippen LogP contribution in [0, 0.1) is 11.8 Å². The minimum absolute atomic E-state index is 0.503. The molecule has 1 saturated carbocycles. The van der Waals surface area contributed by atoms with E-state index in [-0.39, 0.29) is 0 Å². The summed E-state index contributed by atoms with van der Waals surface area (Å²) >= 11 is 4.94. The van der Waals surface area contributed by atoms with Gasteiger partial charge in [-0.05, 0) is 36.9 Å². The van der Waals surface area contributed by atoms with Crippen LogP contribution in [-0.4, -0.2) is 11.2 Å². The molecule has 3 atom stereocenters. The molecule has 0 aromatic carbocycles. The van der Waals surface area contributed by atoms with Gasteiger partial charge in [0.1, 0.15) is 0 Å². The zero-order valence-corrected chi connectivity index (χ0v) is 7.60. The summed E-state index contributed by atoms with van der Waals surface area (Å²) in [5, 5.41) is 3.76. The number of hydrogen-bond acceptors (Lipinski definition) is 2. The van der Waals surface area contributed by atoms with Crippen molar-refractivity contribution in [3.05, 3.63) is 12.2 Å². The van der Waals surface area contributed by atoms with Crippen molar-refractivity contribution in [2.45, 2.75) is 18.9 Å². The number of nitrogens with one attached hydrogen (secondary N) is 2. The van der Waals surface area contributed by atoms with Crippen LogP contribution in [0.5, 0.6) is 0 Å². The Bertz CT molecular complexity index is 226. The topological polar surface area (TPSA) is 50.1 Å². The molecule has 0 amide bonds. The average molecular weight is 183 g/mol. The smallest absolute Gasteiger partial charge is 0.180 e. The van der Waals surface area contributed by atoms with Gasteiger partial charge in [0.15, 0.2) is 5.11 Å². The van der Waals surface area contributed by atoms with Crippen molar-refractivity contribution in [1.29, 1.82) is 0 Å². The molecule has 66 valence electrons. The van der Waals surface area contributed by atoms with Gasteiger partial charge in [-0.2, -0.15) is 0 Å². The van der Waals surface area contributed by atoms with E-state index in [9.17, 15) is 0 Å². The maximum atomic E-state index is 5.18. The highest BCUT2D eigenvalue weighted by Gasteiger charge is 2.35. The predicted molar refractivity (Wildman–Crippen MR) is 52.2 cm³/mol. The Labute approximate surface area is 77.4 Å². The molecule has 0 spiro atoms. The summed E-state index contributed by atoms with van der Waals surface area (Å²) in [6.45, 7) is 0. The van der Waals surface area contributed by atoms with Crippen molar-refractivity contribution in [3.63, 3.8) is 0 Å². The minimum Gasteiger partial charge on any atom is -0.358 e. The Balaban J connectivity index is 1.91. The predicted octanol–water partition coefficient (Wildman–Crippen LogP) is 0.289. The van der Waals surface area contributed by atoms with Crippen LogP contribution in [0.15, 0.2) is 12.2 Å². The summed E-state index contributed by atoms with van der Waals surface area (Å²) < 4.78 is 0. The van der Waals surface area contributed by atoms with E-state index in [1.165, 1.54) is 12.8 Å². The first-order valence-electron chi connectivity index (χ1n) is 4.25. The molecule has 0 aromatic rings. The monoisotopic (exact) mass is 183 g/mol. The standard InChI is InChI=1S/C8H13N3S/c9-11-8(12)10-7-4-5-1-2-6(7)3-5/h1-2,5-7H,3-4,9H2,(H2,10,11,12)/t5-,6-,7+/m1/s1. The van der Waals surface area contributed by atoms with Gasteiger partial charge in [0.25, 0.3) is 0 Å². The molecule has 3 nitrogen and oxygen atoms in total. The van der Waals surface area contributed by atoms with Crippen molar-refractivity contribution in [2.24, 2.45) is 17.7 Å². The van der Waals surface area contributed by atoms with Crippen LogP contribution in [0.2, 0.25) is 0 Å². The van der Waals surface area contributed by atoms with Gasteiger partial charge in [0.2, 0.25) is 0 Å². The van der Waals surface area contributed by atoms with Crippen LogP contribution >= 0.6 is 12.2 Å². The number of hydrogen-bond donors (Lipinski definition) is 3. The normalized spacial score (nSPS) is 36.9. The van der Waals surface area contributed by atoms with Crippen LogP contribution in [0.3, 0.4) is 0 Å². The quantitative estimate of drug-likeness (QED) is 0.237. The van der Waals surface area contributed by atoms with Crippen LogP contribution in [-0.2, 0) is 0 Å². The summed E-state index contributed by atoms with van der Waals surface area (Å²) in [5.41, 5.74) is 2.45. The number of nitrogens with two attached hydrogens (primary N) is 1. The Hall–Kier alpha value is -0.610. The van der Waals surface area contributed by atoms with E-state index in [1.807, 2.05) is 0 Å². The lowest BCUT2D eigenvalue weighted by Gasteiger charge is -2.20. The summed E-state index contributed by atoms with van der Waals surface area (Å²) in [7, 11) is 0. The first-order chi connectivity index (χ1) is 5.79. The fourth-order valence-corrected chi connectivity index (χ4v) is 2.31.